The average Bonchev–Trinajstić information content (AvgIpc) is 3.17. The van der Waals surface area contributed by atoms with Crippen molar-refractivity contribution in [3.05, 3.63) is 44.2 Å². The van der Waals surface area contributed by atoms with Gasteiger partial charge in [-0.25, -0.2) is 9.59 Å². The van der Waals surface area contributed by atoms with Crippen LogP contribution in [0.3, 0.4) is 0 Å². The number of nitrogens with zero attached hydrogens (tertiary/aromatic N) is 3. The topological polar surface area (TPSA) is 109 Å². The maximum absolute atomic E-state index is 12.6. The van der Waals surface area contributed by atoms with Gasteiger partial charge in [-0.05, 0) is 38.1 Å². The van der Waals surface area contributed by atoms with Gasteiger partial charge in [-0.1, -0.05) is 17.8 Å². The fraction of sp³-hybridized carbons (Fsp3) is 0.429. The second kappa shape index (κ2) is 10.1. The van der Waals surface area contributed by atoms with Crippen LogP contribution in [0.4, 0.5) is 5.00 Å². The summed E-state index contributed by atoms with van der Waals surface area (Å²) in [5, 5.41) is 11.9. The lowest BCUT2D eigenvalue weighted by atomic mass is 10.1. The van der Waals surface area contributed by atoms with E-state index >= 15 is 0 Å². The Morgan fingerprint density at radius 2 is 1.97 bits per heavy atom. The van der Waals surface area contributed by atoms with Crippen molar-refractivity contribution in [1.82, 2.24) is 14.8 Å². The Bertz CT molecular complexity index is 1100. The van der Waals surface area contributed by atoms with Gasteiger partial charge in [-0.15, -0.1) is 32.9 Å². The van der Waals surface area contributed by atoms with Crippen LogP contribution in [0.25, 0.3) is 0 Å². The Morgan fingerprint density at radius 3 is 2.62 bits per heavy atom. The van der Waals surface area contributed by atoms with Crippen LogP contribution in [-0.4, -0.2) is 39.9 Å². The second-order valence-electron chi connectivity index (χ2n) is 7.13. The molecule has 2 N–H and O–H groups in total. The number of esters is 2. The van der Waals surface area contributed by atoms with E-state index in [0.29, 0.717) is 22.2 Å². The van der Waals surface area contributed by atoms with E-state index in [1.54, 1.807) is 25.2 Å². The highest BCUT2D eigenvalue weighted by molar-refractivity contribution is 7.98. The van der Waals surface area contributed by atoms with Crippen LogP contribution in [0.5, 0.6) is 0 Å². The second-order valence-corrected chi connectivity index (χ2v) is 10.2. The third kappa shape index (κ3) is 4.84. The van der Waals surface area contributed by atoms with Gasteiger partial charge in [-0.2, -0.15) is 0 Å². The Balaban J connectivity index is 1.62. The number of carbonyl (C=O) groups excluding carboxylic acids is 2. The lowest BCUT2D eigenvalue weighted by molar-refractivity contribution is 0.0527. The first-order valence-electron chi connectivity index (χ1n) is 10.4. The molecule has 0 saturated heterocycles. The molecular formula is C21H24N4O4S3. The number of hydrogen-bond donors (Lipinski definition) is 1. The Labute approximate surface area is 198 Å². The smallest absolute Gasteiger partial charge is 0.348 e. The van der Waals surface area contributed by atoms with Crippen LogP contribution >= 0.6 is 34.4 Å². The van der Waals surface area contributed by atoms with E-state index in [-0.39, 0.29) is 23.8 Å². The number of rotatable bonds is 10. The molecule has 1 saturated carbocycles. The summed E-state index contributed by atoms with van der Waals surface area (Å²) >= 11 is 4.20. The summed E-state index contributed by atoms with van der Waals surface area (Å²) in [5.74, 6) is 0.241. The molecule has 11 heteroatoms. The van der Waals surface area contributed by atoms with Gasteiger partial charge < -0.3 is 19.8 Å². The Morgan fingerprint density at radius 1 is 1.22 bits per heavy atom. The Hall–Kier alpha value is -2.37. The normalized spacial score (nSPS) is 13.3. The van der Waals surface area contributed by atoms with Crippen molar-refractivity contribution in [1.29, 1.82) is 0 Å². The van der Waals surface area contributed by atoms with E-state index < -0.39 is 11.9 Å². The van der Waals surface area contributed by atoms with Crippen molar-refractivity contribution in [2.75, 3.05) is 18.9 Å². The van der Waals surface area contributed by atoms with E-state index in [1.807, 2.05) is 6.07 Å². The summed E-state index contributed by atoms with van der Waals surface area (Å²) in [6, 6.07) is 4.51. The summed E-state index contributed by atoms with van der Waals surface area (Å²) in [6.45, 7) is 3.93. The van der Waals surface area contributed by atoms with Gasteiger partial charge in [0.15, 0.2) is 5.16 Å². The molecule has 1 fully saturated rings. The van der Waals surface area contributed by atoms with Gasteiger partial charge in [0.2, 0.25) is 0 Å². The van der Waals surface area contributed by atoms with Crippen LogP contribution < -0.4 is 5.73 Å². The monoisotopic (exact) mass is 492 g/mol. The van der Waals surface area contributed by atoms with E-state index in [4.69, 9.17) is 15.2 Å². The highest BCUT2D eigenvalue weighted by Crippen LogP contribution is 2.41. The van der Waals surface area contributed by atoms with Gasteiger partial charge in [0, 0.05) is 28.7 Å². The first-order valence-corrected chi connectivity index (χ1v) is 13.1. The molecule has 3 aromatic heterocycles. The molecule has 1 aliphatic carbocycles. The van der Waals surface area contributed by atoms with E-state index in [0.717, 1.165) is 41.6 Å². The standard InChI is InChI=1S/C21H24N4O4S3/c1-3-28-19(26)16-14(17(32-18(16)22)20(27)29-4-2)11-31-21-24-23-15(25(21)12-7-8-12)10-13-6-5-9-30-13/h5-6,9,12H,3-4,7-8,10-11,22H2,1-2H3. The highest BCUT2D eigenvalue weighted by Gasteiger charge is 2.31. The highest BCUT2D eigenvalue weighted by atomic mass is 32.2. The van der Waals surface area contributed by atoms with Crippen molar-refractivity contribution in [3.63, 3.8) is 0 Å². The van der Waals surface area contributed by atoms with Gasteiger partial charge in [0.25, 0.3) is 0 Å². The number of anilines is 1. The lowest BCUT2D eigenvalue weighted by Gasteiger charge is -2.10. The molecule has 0 unspecified atom stereocenters. The van der Waals surface area contributed by atoms with Crippen molar-refractivity contribution in [3.8, 4) is 0 Å². The summed E-state index contributed by atoms with van der Waals surface area (Å²) in [6.07, 6.45) is 2.92. The molecule has 1 aliphatic rings. The lowest BCUT2D eigenvalue weighted by Crippen LogP contribution is -2.11. The van der Waals surface area contributed by atoms with Crippen molar-refractivity contribution >= 4 is 51.4 Å². The number of ether oxygens (including phenoxy) is 2. The minimum atomic E-state index is -0.533. The molecule has 32 heavy (non-hydrogen) atoms. The number of carbonyl (C=O) groups is 2. The van der Waals surface area contributed by atoms with Crippen molar-refractivity contribution in [2.24, 2.45) is 0 Å². The minimum Gasteiger partial charge on any atom is -0.462 e. The third-order valence-corrected chi connectivity index (χ3v) is 7.77. The molecule has 0 bridgehead atoms. The largest absolute Gasteiger partial charge is 0.462 e. The molecule has 0 aliphatic heterocycles. The van der Waals surface area contributed by atoms with E-state index in [9.17, 15) is 9.59 Å². The van der Waals surface area contributed by atoms with E-state index in [2.05, 4.69) is 26.2 Å². The average molecular weight is 493 g/mol. The van der Waals surface area contributed by atoms with Crippen molar-refractivity contribution in [2.45, 2.75) is 50.1 Å². The van der Waals surface area contributed by atoms with Gasteiger partial charge in [-0.3, -0.25) is 0 Å². The Kier molecular flexibility index (Phi) is 7.17. The predicted octanol–water partition coefficient (Wildman–Crippen LogP) is 4.55. The zero-order chi connectivity index (χ0) is 22.7. The number of hydrogen-bond acceptors (Lipinski definition) is 10. The van der Waals surface area contributed by atoms with Crippen LogP contribution in [0, 0.1) is 0 Å². The molecule has 4 rings (SSSR count). The SMILES string of the molecule is CCOC(=O)c1sc(N)c(C(=O)OCC)c1CSc1nnc(Cc2cccs2)n1C1CC1. The molecule has 8 nitrogen and oxygen atoms in total. The zero-order valence-corrected chi connectivity index (χ0v) is 20.3. The third-order valence-electron chi connectivity index (χ3n) is 4.88. The molecule has 0 aromatic carbocycles. The quantitative estimate of drug-likeness (QED) is 0.324. The molecule has 0 radical (unpaired) electrons. The van der Waals surface area contributed by atoms with Crippen LogP contribution in [0.15, 0.2) is 22.7 Å². The number of nitrogens with two attached hydrogens (primary N) is 1. The van der Waals surface area contributed by atoms with Crippen LogP contribution in [-0.2, 0) is 21.6 Å². The molecule has 3 heterocycles. The maximum Gasteiger partial charge on any atom is 0.348 e. The van der Waals surface area contributed by atoms with E-state index in [1.165, 1.54) is 16.6 Å². The molecule has 0 spiro atoms. The fourth-order valence-corrected chi connectivity index (χ4v) is 6.16. The molecule has 0 atom stereocenters. The summed E-state index contributed by atoms with van der Waals surface area (Å²) in [4.78, 5) is 26.7. The van der Waals surface area contributed by atoms with Crippen LogP contribution in [0.1, 0.15) is 69.0 Å². The summed E-state index contributed by atoms with van der Waals surface area (Å²) in [7, 11) is 0. The van der Waals surface area contributed by atoms with Crippen molar-refractivity contribution < 1.29 is 19.1 Å². The van der Waals surface area contributed by atoms with Gasteiger partial charge >= 0.3 is 11.9 Å². The zero-order valence-electron chi connectivity index (χ0n) is 17.8. The summed E-state index contributed by atoms with van der Waals surface area (Å²) < 4.78 is 12.6. The number of thiophene rings is 2. The number of aromatic nitrogens is 3. The predicted molar refractivity (Wildman–Crippen MR) is 126 cm³/mol. The minimum absolute atomic E-state index is 0.220. The molecule has 170 valence electrons. The fourth-order valence-electron chi connectivity index (χ4n) is 3.34. The van der Waals surface area contributed by atoms with Gasteiger partial charge in [0.1, 0.15) is 15.7 Å². The first kappa shape index (κ1) is 22.8. The number of nitrogen functional groups attached to an aromatic ring is 1. The van der Waals surface area contributed by atoms with Gasteiger partial charge in [0.05, 0.1) is 18.8 Å². The van der Waals surface area contributed by atoms with Crippen LogP contribution in [0.2, 0.25) is 0 Å². The molecule has 3 aromatic rings. The molecule has 0 amide bonds. The number of thioether (sulfide) groups is 1. The maximum atomic E-state index is 12.6. The first-order chi connectivity index (χ1) is 15.5. The molecular weight excluding hydrogens is 468 g/mol. The summed E-state index contributed by atoms with van der Waals surface area (Å²) in [5.41, 5.74) is 6.88.